The molecule has 0 aliphatic heterocycles. The van der Waals surface area contributed by atoms with Gasteiger partial charge in [0, 0.05) is 0 Å². The molecule has 2 aromatic rings. The number of carbonyl (C=O) groups excluding carboxylic acids is 1. The molecule has 1 aromatic heterocycles. The monoisotopic (exact) mass is 300 g/mol. The highest BCUT2D eigenvalue weighted by atomic mass is 16.5. The summed E-state index contributed by atoms with van der Waals surface area (Å²) in [5, 5.41) is 3.78. The summed E-state index contributed by atoms with van der Waals surface area (Å²) in [5.41, 5.74) is 4.81. The third-order valence-electron chi connectivity index (χ3n) is 3.16. The largest absolute Gasteiger partial charge is 0.484 e. The zero-order valence-corrected chi connectivity index (χ0v) is 13.0. The number of nitrogens with zero attached hydrogens (tertiary/aromatic N) is 1. The number of furan rings is 1. The lowest BCUT2D eigenvalue weighted by molar-refractivity contribution is -0.123. The zero-order valence-electron chi connectivity index (χ0n) is 13.0. The van der Waals surface area contributed by atoms with Crippen LogP contribution in [0.2, 0.25) is 0 Å². The molecule has 0 spiro atoms. The van der Waals surface area contributed by atoms with E-state index in [0.717, 1.165) is 5.56 Å². The molecule has 0 saturated carbocycles. The normalized spacial score (nSPS) is 11.1. The van der Waals surface area contributed by atoms with Crippen LogP contribution in [0.5, 0.6) is 5.75 Å². The summed E-state index contributed by atoms with van der Waals surface area (Å²) in [6.07, 6.45) is 2.97. The SMILES string of the molecule is Cc1cc(OCC(=O)N/N=C/c2ccco2)ccc1C(C)C. The van der Waals surface area contributed by atoms with Crippen molar-refractivity contribution in [1.82, 2.24) is 5.43 Å². The molecule has 116 valence electrons. The molecule has 0 atom stereocenters. The van der Waals surface area contributed by atoms with Gasteiger partial charge in [-0.3, -0.25) is 4.79 Å². The number of benzene rings is 1. The van der Waals surface area contributed by atoms with Gasteiger partial charge in [0.15, 0.2) is 6.61 Å². The molecule has 5 nitrogen and oxygen atoms in total. The number of ether oxygens (including phenoxy) is 1. The molecule has 1 N–H and O–H groups in total. The van der Waals surface area contributed by atoms with Crippen LogP contribution in [0.25, 0.3) is 0 Å². The Morgan fingerprint density at radius 2 is 2.23 bits per heavy atom. The number of hydrogen-bond acceptors (Lipinski definition) is 4. The third-order valence-corrected chi connectivity index (χ3v) is 3.16. The average Bonchev–Trinajstić information content (AvgIpc) is 2.98. The lowest BCUT2D eigenvalue weighted by Gasteiger charge is -2.12. The minimum Gasteiger partial charge on any atom is -0.484 e. The first-order valence-corrected chi connectivity index (χ1v) is 7.15. The van der Waals surface area contributed by atoms with Crippen LogP contribution in [0.15, 0.2) is 46.1 Å². The minimum atomic E-state index is -0.326. The summed E-state index contributed by atoms with van der Waals surface area (Å²) in [7, 11) is 0. The Morgan fingerprint density at radius 3 is 2.86 bits per heavy atom. The molecule has 0 radical (unpaired) electrons. The van der Waals surface area contributed by atoms with Crippen molar-refractivity contribution in [1.29, 1.82) is 0 Å². The highest BCUT2D eigenvalue weighted by molar-refractivity contribution is 5.81. The van der Waals surface area contributed by atoms with Crippen LogP contribution < -0.4 is 10.2 Å². The molecule has 1 heterocycles. The first-order chi connectivity index (χ1) is 10.6. The Hall–Kier alpha value is -2.56. The van der Waals surface area contributed by atoms with Crippen molar-refractivity contribution in [3.8, 4) is 5.75 Å². The van der Waals surface area contributed by atoms with Crippen LogP contribution in [0.4, 0.5) is 0 Å². The molecule has 0 bridgehead atoms. The fraction of sp³-hybridized carbons (Fsp3) is 0.294. The molecule has 5 heteroatoms. The van der Waals surface area contributed by atoms with Crippen molar-refractivity contribution >= 4 is 12.1 Å². The van der Waals surface area contributed by atoms with Gasteiger partial charge in [-0.05, 0) is 48.2 Å². The summed E-state index contributed by atoms with van der Waals surface area (Å²) in [5.74, 6) is 1.38. The Balaban J connectivity index is 1.82. The van der Waals surface area contributed by atoms with E-state index in [1.54, 1.807) is 12.1 Å². The Bertz CT molecular complexity index is 646. The van der Waals surface area contributed by atoms with E-state index in [2.05, 4.69) is 24.4 Å². The Morgan fingerprint density at radius 1 is 1.41 bits per heavy atom. The van der Waals surface area contributed by atoms with Crippen LogP contribution >= 0.6 is 0 Å². The quantitative estimate of drug-likeness (QED) is 0.658. The molecule has 0 aliphatic carbocycles. The van der Waals surface area contributed by atoms with Gasteiger partial charge in [-0.1, -0.05) is 19.9 Å². The highest BCUT2D eigenvalue weighted by Crippen LogP contribution is 2.23. The Labute approximate surface area is 130 Å². The van der Waals surface area contributed by atoms with E-state index in [4.69, 9.17) is 9.15 Å². The molecule has 0 aliphatic rings. The third kappa shape index (κ3) is 4.48. The van der Waals surface area contributed by atoms with Crippen LogP contribution in [0, 0.1) is 6.92 Å². The highest BCUT2D eigenvalue weighted by Gasteiger charge is 2.06. The van der Waals surface area contributed by atoms with E-state index in [1.165, 1.54) is 18.0 Å². The molecule has 0 fully saturated rings. The van der Waals surface area contributed by atoms with Crippen LogP contribution in [-0.2, 0) is 4.79 Å². The molecular formula is C17H20N2O3. The molecule has 0 unspecified atom stereocenters. The van der Waals surface area contributed by atoms with Gasteiger partial charge >= 0.3 is 0 Å². The van der Waals surface area contributed by atoms with E-state index >= 15 is 0 Å². The molecule has 1 aromatic carbocycles. The maximum atomic E-state index is 11.6. The van der Waals surface area contributed by atoms with Crippen molar-refractivity contribution in [2.75, 3.05) is 6.61 Å². The maximum Gasteiger partial charge on any atom is 0.277 e. The summed E-state index contributed by atoms with van der Waals surface area (Å²) in [4.78, 5) is 11.6. The smallest absolute Gasteiger partial charge is 0.277 e. The lowest BCUT2D eigenvalue weighted by atomic mass is 9.98. The fourth-order valence-corrected chi connectivity index (χ4v) is 2.10. The van der Waals surface area contributed by atoms with Crippen LogP contribution in [0.1, 0.15) is 36.7 Å². The van der Waals surface area contributed by atoms with Gasteiger partial charge in [0.05, 0.1) is 12.5 Å². The number of carbonyl (C=O) groups is 1. The molecule has 22 heavy (non-hydrogen) atoms. The van der Waals surface area contributed by atoms with Gasteiger partial charge in [-0.2, -0.15) is 5.10 Å². The Kier molecular flexibility index (Phi) is 5.36. The molecule has 0 saturated heterocycles. The summed E-state index contributed by atoms with van der Waals surface area (Å²) in [6.45, 7) is 6.24. The van der Waals surface area contributed by atoms with Crippen molar-refractivity contribution in [2.24, 2.45) is 5.10 Å². The van der Waals surface area contributed by atoms with Gasteiger partial charge in [-0.25, -0.2) is 5.43 Å². The second-order valence-corrected chi connectivity index (χ2v) is 5.27. The van der Waals surface area contributed by atoms with Gasteiger partial charge in [0.2, 0.25) is 0 Å². The number of hydrogen-bond donors (Lipinski definition) is 1. The summed E-state index contributed by atoms with van der Waals surface area (Å²) < 4.78 is 10.5. The number of rotatable bonds is 6. The molecular weight excluding hydrogens is 280 g/mol. The fourth-order valence-electron chi connectivity index (χ4n) is 2.10. The van der Waals surface area contributed by atoms with E-state index in [9.17, 15) is 4.79 Å². The van der Waals surface area contributed by atoms with Crippen LogP contribution in [-0.4, -0.2) is 18.7 Å². The first kappa shape index (κ1) is 15.8. The van der Waals surface area contributed by atoms with E-state index < -0.39 is 0 Å². The maximum absolute atomic E-state index is 11.6. The van der Waals surface area contributed by atoms with Gasteiger partial charge < -0.3 is 9.15 Å². The lowest BCUT2D eigenvalue weighted by Crippen LogP contribution is -2.24. The van der Waals surface area contributed by atoms with Crippen LogP contribution in [0.3, 0.4) is 0 Å². The van der Waals surface area contributed by atoms with Gasteiger partial charge in [-0.15, -0.1) is 0 Å². The topological polar surface area (TPSA) is 63.8 Å². The number of hydrazone groups is 1. The van der Waals surface area contributed by atoms with Crippen molar-refractivity contribution < 1.29 is 13.9 Å². The standard InChI is InChI=1S/C17H20N2O3/c1-12(2)16-7-6-14(9-13(16)3)22-11-17(20)19-18-10-15-5-4-8-21-15/h4-10,12H,11H2,1-3H3,(H,19,20)/b18-10+. The van der Waals surface area contributed by atoms with E-state index in [1.807, 2.05) is 25.1 Å². The first-order valence-electron chi connectivity index (χ1n) is 7.15. The zero-order chi connectivity index (χ0) is 15.9. The van der Waals surface area contributed by atoms with Gasteiger partial charge in [0.25, 0.3) is 5.91 Å². The predicted octanol–water partition coefficient (Wildman–Crippen LogP) is 3.24. The van der Waals surface area contributed by atoms with Crippen molar-refractivity contribution in [3.05, 3.63) is 53.5 Å². The van der Waals surface area contributed by atoms with Gasteiger partial charge in [0.1, 0.15) is 11.5 Å². The second-order valence-electron chi connectivity index (χ2n) is 5.27. The summed E-state index contributed by atoms with van der Waals surface area (Å²) in [6, 6.07) is 9.33. The second kappa shape index (κ2) is 7.45. The van der Waals surface area contributed by atoms with Crippen molar-refractivity contribution in [2.45, 2.75) is 26.7 Å². The molecule has 2 rings (SSSR count). The average molecular weight is 300 g/mol. The predicted molar refractivity (Wildman–Crippen MR) is 85.2 cm³/mol. The minimum absolute atomic E-state index is 0.0873. The van der Waals surface area contributed by atoms with Crippen molar-refractivity contribution in [3.63, 3.8) is 0 Å². The number of aryl methyl sites for hydroxylation is 1. The van der Waals surface area contributed by atoms with E-state index in [-0.39, 0.29) is 12.5 Å². The summed E-state index contributed by atoms with van der Waals surface area (Å²) >= 11 is 0. The van der Waals surface area contributed by atoms with E-state index in [0.29, 0.717) is 17.4 Å². The number of nitrogens with one attached hydrogen (secondary N) is 1. The molecule has 1 amide bonds. The number of amides is 1.